The fourth-order valence-electron chi connectivity index (χ4n) is 1.45. The summed E-state index contributed by atoms with van der Waals surface area (Å²) in [6.45, 7) is 0.0696. The minimum atomic E-state index is -4.70. The number of aromatic nitrogens is 1. The van der Waals surface area contributed by atoms with Crippen molar-refractivity contribution in [1.82, 2.24) is 9.88 Å². The number of alkyl halides is 3. The fraction of sp³-hybridized carbons (Fsp3) is 0.500. The summed E-state index contributed by atoms with van der Waals surface area (Å²) in [6.07, 6.45) is -4.70. The Morgan fingerprint density at radius 2 is 1.95 bits per heavy atom. The van der Waals surface area contributed by atoms with Crippen LogP contribution in [0.3, 0.4) is 0 Å². The van der Waals surface area contributed by atoms with Gasteiger partial charge in [0.2, 0.25) is 5.76 Å². The summed E-state index contributed by atoms with van der Waals surface area (Å²) >= 11 is 0. The van der Waals surface area contributed by atoms with E-state index in [1.165, 1.54) is 13.8 Å². The number of carbonyl (C=O) groups excluding carboxylic acids is 1. The van der Waals surface area contributed by atoms with E-state index in [0.717, 1.165) is 0 Å². The molecule has 106 valence electrons. The lowest BCUT2D eigenvalue weighted by atomic mass is 10.3. The van der Waals surface area contributed by atoms with Gasteiger partial charge in [-0.25, -0.2) is 4.98 Å². The van der Waals surface area contributed by atoms with E-state index in [0.29, 0.717) is 0 Å². The van der Waals surface area contributed by atoms with Crippen LogP contribution in [0.25, 0.3) is 0 Å². The van der Waals surface area contributed by atoms with Gasteiger partial charge in [0.1, 0.15) is 13.1 Å². The molecule has 19 heavy (non-hydrogen) atoms. The molecule has 0 fully saturated rings. The molecule has 0 spiro atoms. The molecule has 0 bridgehead atoms. The van der Waals surface area contributed by atoms with E-state index >= 15 is 0 Å². The number of amides is 1. The van der Waals surface area contributed by atoms with E-state index in [1.54, 1.807) is 0 Å². The molecule has 0 saturated heterocycles. The normalized spacial score (nSPS) is 11.4. The van der Waals surface area contributed by atoms with Crippen molar-refractivity contribution >= 4 is 11.9 Å². The Kier molecular flexibility index (Phi) is 4.17. The number of carboxylic acid groups (broad SMARTS) is 1. The van der Waals surface area contributed by atoms with E-state index in [2.05, 4.69) is 4.98 Å². The lowest BCUT2D eigenvalue weighted by molar-refractivity contribution is -0.149. The Hall–Kier alpha value is -2.06. The Morgan fingerprint density at radius 3 is 2.32 bits per heavy atom. The van der Waals surface area contributed by atoms with Crippen molar-refractivity contribution in [1.29, 1.82) is 0 Å². The van der Waals surface area contributed by atoms with Gasteiger partial charge in [0.05, 0.1) is 5.69 Å². The van der Waals surface area contributed by atoms with Crippen molar-refractivity contribution < 1.29 is 32.3 Å². The third-order valence-electron chi connectivity index (χ3n) is 2.08. The van der Waals surface area contributed by atoms with Crippen LogP contribution < -0.4 is 0 Å². The number of carbonyl (C=O) groups is 2. The van der Waals surface area contributed by atoms with Gasteiger partial charge < -0.3 is 14.4 Å². The van der Waals surface area contributed by atoms with Gasteiger partial charge in [0.15, 0.2) is 5.89 Å². The lowest BCUT2D eigenvalue weighted by Crippen LogP contribution is -2.42. The molecular formula is C10H11F3N2O4. The topological polar surface area (TPSA) is 83.6 Å². The van der Waals surface area contributed by atoms with E-state index in [1.807, 2.05) is 0 Å². The molecule has 6 nitrogen and oxygen atoms in total. The first kappa shape index (κ1) is 15.0. The molecular weight excluding hydrogens is 269 g/mol. The molecule has 1 aromatic rings. The molecule has 1 heterocycles. The second-order valence-electron chi connectivity index (χ2n) is 3.82. The van der Waals surface area contributed by atoms with Crippen LogP contribution in [0, 0.1) is 13.8 Å². The maximum absolute atomic E-state index is 12.3. The van der Waals surface area contributed by atoms with Gasteiger partial charge in [-0.05, 0) is 6.92 Å². The van der Waals surface area contributed by atoms with Crippen LogP contribution in [0.4, 0.5) is 13.2 Å². The molecule has 0 unspecified atom stereocenters. The molecule has 0 saturated carbocycles. The molecule has 0 aliphatic heterocycles. The second-order valence-corrected chi connectivity index (χ2v) is 3.82. The lowest BCUT2D eigenvalue weighted by Gasteiger charge is -2.21. The predicted octanol–water partition coefficient (Wildman–Crippen LogP) is 1.38. The zero-order valence-electron chi connectivity index (χ0n) is 10.1. The third kappa shape index (κ3) is 4.27. The van der Waals surface area contributed by atoms with E-state index in [-0.39, 0.29) is 22.2 Å². The standard InChI is InChI=1S/C10H11F3N2O4/c1-5-8(19-6(2)14-5)9(18)15(3-7(16)17)4-10(11,12)13/h3-4H2,1-2H3,(H,16,17). The predicted molar refractivity (Wildman–Crippen MR) is 55.6 cm³/mol. The zero-order chi connectivity index (χ0) is 14.8. The summed E-state index contributed by atoms with van der Waals surface area (Å²) < 4.78 is 41.8. The summed E-state index contributed by atoms with van der Waals surface area (Å²) in [4.78, 5) is 26.2. The van der Waals surface area contributed by atoms with Crippen LogP contribution >= 0.6 is 0 Å². The van der Waals surface area contributed by atoms with Crippen molar-refractivity contribution in [2.75, 3.05) is 13.1 Å². The molecule has 0 radical (unpaired) electrons. The number of carboxylic acids is 1. The highest BCUT2D eigenvalue weighted by Crippen LogP contribution is 2.19. The Morgan fingerprint density at radius 1 is 1.37 bits per heavy atom. The number of oxazole rings is 1. The van der Waals surface area contributed by atoms with Gasteiger partial charge in [-0.1, -0.05) is 0 Å². The average molecular weight is 280 g/mol. The molecule has 0 aliphatic carbocycles. The van der Waals surface area contributed by atoms with Gasteiger partial charge in [0.25, 0.3) is 5.91 Å². The summed E-state index contributed by atoms with van der Waals surface area (Å²) in [6, 6.07) is 0. The second kappa shape index (κ2) is 5.29. The maximum Gasteiger partial charge on any atom is 0.406 e. The smallest absolute Gasteiger partial charge is 0.406 e. The van der Waals surface area contributed by atoms with Crippen molar-refractivity contribution in [2.45, 2.75) is 20.0 Å². The number of aliphatic carboxylic acids is 1. The van der Waals surface area contributed by atoms with Crippen molar-refractivity contribution in [3.63, 3.8) is 0 Å². The quantitative estimate of drug-likeness (QED) is 0.900. The van der Waals surface area contributed by atoms with Crippen LogP contribution in [-0.2, 0) is 4.79 Å². The maximum atomic E-state index is 12.3. The summed E-state index contributed by atoms with van der Waals surface area (Å²) in [5.74, 6) is -2.98. The van der Waals surface area contributed by atoms with Crippen LogP contribution in [0.1, 0.15) is 22.1 Å². The molecule has 1 N–H and O–H groups in total. The van der Waals surface area contributed by atoms with Crippen LogP contribution in [0.5, 0.6) is 0 Å². The molecule has 0 atom stereocenters. The van der Waals surface area contributed by atoms with Gasteiger partial charge in [0, 0.05) is 6.92 Å². The molecule has 1 aromatic heterocycles. The van der Waals surface area contributed by atoms with E-state index in [9.17, 15) is 22.8 Å². The molecule has 0 aliphatic rings. The van der Waals surface area contributed by atoms with Gasteiger partial charge >= 0.3 is 12.1 Å². The minimum Gasteiger partial charge on any atom is -0.480 e. The molecule has 1 rings (SSSR count). The number of hydrogen-bond acceptors (Lipinski definition) is 4. The summed E-state index contributed by atoms with van der Waals surface area (Å²) in [5.41, 5.74) is 0.111. The first-order valence-electron chi connectivity index (χ1n) is 5.12. The van der Waals surface area contributed by atoms with Crippen molar-refractivity contribution in [2.24, 2.45) is 0 Å². The fourth-order valence-corrected chi connectivity index (χ4v) is 1.45. The number of rotatable bonds is 4. The largest absolute Gasteiger partial charge is 0.480 e. The van der Waals surface area contributed by atoms with Crippen LogP contribution in [0.2, 0.25) is 0 Å². The number of halogens is 3. The Balaban J connectivity index is 3.00. The SMILES string of the molecule is Cc1nc(C)c(C(=O)N(CC(=O)O)CC(F)(F)F)o1. The highest BCUT2D eigenvalue weighted by molar-refractivity contribution is 5.94. The third-order valence-corrected chi connectivity index (χ3v) is 2.08. The van der Waals surface area contributed by atoms with Crippen molar-refractivity contribution in [3.8, 4) is 0 Å². The first-order valence-corrected chi connectivity index (χ1v) is 5.12. The number of hydrogen-bond donors (Lipinski definition) is 1. The number of aryl methyl sites for hydroxylation is 2. The number of nitrogens with zero attached hydrogens (tertiary/aromatic N) is 2. The minimum absolute atomic E-state index is 0.111. The van der Waals surface area contributed by atoms with Crippen LogP contribution in [0.15, 0.2) is 4.42 Å². The molecule has 1 amide bonds. The monoisotopic (exact) mass is 280 g/mol. The average Bonchev–Trinajstić information content (AvgIpc) is 2.53. The first-order chi connectivity index (χ1) is 8.60. The van der Waals surface area contributed by atoms with Crippen LogP contribution in [-0.4, -0.2) is 46.1 Å². The van der Waals surface area contributed by atoms with E-state index < -0.39 is 31.1 Å². The molecule has 0 aromatic carbocycles. The van der Waals surface area contributed by atoms with Gasteiger partial charge in [-0.15, -0.1) is 0 Å². The van der Waals surface area contributed by atoms with Gasteiger partial charge in [-0.2, -0.15) is 13.2 Å². The van der Waals surface area contributed by atoms with Gasteiger partial charge in [-0.3, -0.25) is 9.59 Å². The Bertz CT molecular complexity index is 495. The van der Waals surface area contributed by atoms with Crippen molar-refractivity contribution in [3.05, 3.63) is 17.3 Å². The summed E-state index contributed by atoms with van der Waals surface area (Å²) in [7, 11) is 0. The highest BCUT2D eigenvalue weighted by Gasteiger charge is 2.35. The zero-order valence-corrected chi connectivity index (χ0v) is 10.1. The highest BCUT2D eigenvalue weighted by atomic mass is 19.4. The Labute approximate surface area is 105 Å². The van der Waals surface area contributed by atoms with E-state index in [4.69, 9.17) is 9.52 Å². The molecule has 9 heteroatoms. The summed E-state index contributed by atoms with van der Waals surface area (Å²) in [5, 5.41) is 8.54.